The number of hydrogen-bond acceptors (Lipinski definition) is 4. The van der Waals surface area contributed by atoms with Crippen LogP contribution >= 0.6 is 0 Å². The fraction of sp³-hybridized carbons (Fsp3) is 0.750. The van der Waals surface area contributed by atoms with Gasteiger partial charge in [0.2, 0.25) is 0 Å². The second-order valence-electron chi connectivity index (χ2n) is 10.1. The average Bonchev–Trinajstić information content (AvgIpc) is 2.99. The summed E-state index contributed by atoms with van der Waals surface area (Å²) in [6.07, 6.45) is 9.61. The van der Waals surface area contributed by atoms with Crippen molar-refractivity contribution in [1.29, 1.82) is 0 Å². The summed E-state index contributed by atoms with van der Waals surface area (Å²) < 4.78 is 36.7. The molecular formula is C24H37N3O3S. The van der Waals surface area contributed by atoms with E-state index in [1.165, 1.54) is 23.1 Å². The van der Waals surface area contributed by atoms with Gasteiger partial charge in [-0.3, -0.25) is 4.90 Å². The van der Waals surface area contributed by atoms with Crippen LogP contribution in [0.25, 0.3) is 0 Å². The van der Waals surface area contributed by atoms with Gasteiger partial charge in [-0.2, -0.15) is 17.9 Å². The quantitative estimate of drug-likeness (QED) is 0.642. The Morgan fingerprint density at radius 2 is 1.71 bits per heavy atom. The maximum Gasteiger partial charge on any atom is 0.277 e. The third-order valence-corrected chi connectivity index (χ3v) is 9.15. The first-order chi connectivity index (χ1) is 15.1. The molecule has 2 N–H and O–H groups in total. The predicted octanol–water partition coefficient (Wildman–Crippen LogP) is 2.42. The maximum atomic E-state index is 12.7. The van der Waals surface area contributed by atoms with Crippen LogP contribution in [0.3, 0.4) is 0 Å². The minimum atomic E-state index is -3.42. The standard InChI is InChI=1S/C24H37N3O3S/c28-31(29,25-23-4-1-5-23)26-24-20-8-9-21(24)17-22-15-18(6-7-19(22)16-20)3-2-10-27-11-13-30-14-12-27/h6-7,15,20-21,23-26H,1-5,8-14,16-17H2/t20-,21+,24-/m1/s1. The smallest absolute Gasteiger partial charge is 0.277 e. The third kappa shape index (κ3) is 5.33. The average molecular weight is 448 g/mol. The summed E-state index contributed by atoms with van der Waals surface area (Å²) in [5, 5.41) is 0. The molecule has 6 nitrogen and oxygen atoms in total. The van der Waals surface area contributed by atoms with Gasteiger partial charge in [0.25, 0.3) is 10.2 Å². The highest BCUT2D eigenvalue weighted by Crippen LogP contribution is 2.40. The first-order valence-corrected chi connectivity index (χ1v) is 13.7. The molecule has 0 unspecified atom stereocenters. The zero-order chi connectivity index (χ0) is 21.3. The second kappa shape index (κ2) is 9.48. The van der Waals surface area contributed by atoms with Crippen LogP contribution in [0.15, 0.2) is 18.2 Å². The first kappa shape index (κ1) is 21.8. The number of hydrogen-bond donors (Lipinski definition) is 2. The summed E-state index contributed by atoms with van der Waals surface area (Å²) in [4.78, 5) is 2.50. The summed E-state index contributed by atoms with van der Waals surface area (Å²) in [5.74, 6) is 0.823. The van der Waals surface area contributed by atoms with E-state index in [4.69, 9.17) is 4.74 Å². The van der Waals surface area contributed by atoms with E-state index >= 15 is 0 Å². The van der Waals surface area contributed by atoms with Gasteiger partial charge in [-0.25, -0.2) is 0 Å². The fourth-order valence-electron chi connectivity index (χ4n) is 5.90. The molecule has 2 bridgehead atoms. The van der Waals surface area contributed by atoms with Gasteiger partial charge in [-0.05, 0) is 86.4 Å². The Balaban J connectivity index is 1.20. The molecule has 0 amide bonds. The number of nitrogens with zero attached hydrogens (tertiary/aromatic N) is 1. The van der Waals surface area contributed by atoms with Crippen LogP contribution in [-0.2, 0) is 34.2 Å². The van der Waals surface area contributed by atoms with Crippen molar-refractivity contribution >= 4 is 10.2 Å². The van der Waals surface area contributed by atoms with E-state index in [1.807, 2.05) is 0 Å². The summed E-state index contributed by atoms with van der Waals surface area (Å²) in [7, 11) is -3.42. The van der Waals surface area contributed by atoms with Crippen molar-refractivity contribution < 1.29 is 13.2 Å². The molecule has 2 saturated carbocycles. The summed E-state index contributed by atoms with van der Waals surface area (Å²) in [6.45, 7) is 4.98. The zero-order valence-corrected chi connectivity index (χ0v) is 19.3. The highest BCUT2D eigenvalue weighted by Gasteiger charge is 2.41. The molecule has 0 aromatic heterocycles. The van der Waals surface area contributed by atoms with Crippen LogP contribution in [0.2, 0.25) is 0 Å². The van der Waals surface area contributed by atoms with E-state index in [1.54, 1.807) is 0 Å². The molecule has 1 aromatic carbocycles. The van der Waals surface area contributed by atoms with E-state index in [0.29, 0.717) is 11.8 Å². The minimum Gasteiger partial charge on any atom is -0.379 e. The lowest BCUT2D eigenvalue weighted by molar-refractivity contribution is 0.0374. The van der Waals surface area contributed by atoms with Crippen LogP contribution in [0.4, 0.5) is 0 Å². The molecular weight excluding hydrogens is 410 g/mol. The van der Waals surface area contributed by atoms with Gasteiger partial charge in [0.15, 0.2) is 0 Å². The molecule has 4 aliphatic rings. The lowest BCUT2D eigenvalue weighted by Crippen LogP contribution is -2.51. The van der Waals surface area contributed by atoms with Crippen molar-refractivity contribution in [3.8, 4) is 0 Å². The van der Waals surface area contributed by atoms with Crippen molar-refractivity contribution in [1.82, 2.24) is 14.3 Å². The highest BCUT2D eigenvalue weighted by molar-refractivity contribution is 7.87. The second-order valence-corrected chi connectivity index (χ2v) is 11.5. The van der Waals surface area contributed by atoms with Gasteiger partial charge in [0.1, 0.15) is 0 Å². The number of ether oxygens (including phenoxy) is 1. The Hall–Kier alpha value is -0.990. The number of benzene rings is 1. The van der Waals surface area contributed by atoms with Gasteiger partial charge >= 0.3 is 0 Å². The van der Waals surface area contributed by atoms with E-state index in [9.17, 15) is 8.42 Å². The molecule has 3 atom stereocenters. The van der Waals surface area contributed by atoms with Crippen LogP contribution in [-0.4, -0.2) is 58.2 Å². The molecule has 7 heteroatoms. The number of nitrogens with one attached hydrogen (secondary N) is 2. The monoisotopic (exact) mass is 447 g/mol. The molecule has 31 heavy (non-hydrogen) atoms. The number of morpholine rings is 1. The molecule has 1 saturated heterocycles. The SMILES string of the molecule is O=S(=O)(NC1CCC1)N[C@@H]1[C@@H]2CC[C@H]1Cc1cc(CCCN3CCOCC3)ccc1C2. The largest absolute Gasteiger partial charge is 0.379 e. The van der Waals surface area contributed by atoms with Crippen LogP contribution in [0.5, 0.6) is 0 Å². The molecule has 1 heterocycles. The van der Waals surface area contributed by atoms with Gasteiger partial charge in [0.05, 0.1) is 13.2 Å². The Bertz CT molecular complexity index is 865. The molecule has 1 aliphatic heterocycles. The van der Waals surface area contributed by atoms with E-state index in [0.717, 1.165) is 84.2 Å². The predicted molar refractivity (Wildman–Crippen MR) is 122 cm³/mol. The summed E-state index contributed by atoms with van der Waals surface area (Å²) in [6, 6.07) is 7.23. The van der Waals surface area contributed by atoms with Crippen molar-refractivity contribution in [2.75, 3.05) is 32.8 Å². The molecule has 3 fully saturated rings. The van der Waals surface area contributed by atoms with Crippen molar-refractivity contribution in [3.05, 3.63) is 34.9 Å². The highest BCUT2D eigenvalue weighted by atomic mass is 32.2. The molecule has 172 valence electrons. The lowest BCUT2D eigenvalue weighted by atomic mass is 9.91. The minimum absolute atomic E-state index is 0.0646. The Kier molecular flexibility index (Phi) is 6.67. The van der Waals surface area contributed by atoms with Gasteiger partial charge < -0.3 is 4.74 Å². The van der Waals surface area contributed by atoms with E-state index in [-0.39, 0.29) is 12.1 Å². The summed E-state index contributed by atoms with van der Waals surface area (Å²) >= 11 is 0. The Morgan fingerprint density at radius 3 is 2.42 bits per heavy atom. The third-order valence-electron chi connectivity index (χ3n) is 7.92. The topological polar surface area (TPSA) is 70.7 Å². The number of aryl methyl sites for hydroxylation is 1. The summed E-state index contributed by atoms with van der Waals surface area (Å²) in [5.41, 5.74) is 4.31. The molecule has 0 spiro atoms. The van der Waals surface area contributed by atoms with Gasteiger partial charge in [-0.15, -0.1) is 0 Å². The number of rotatable bonds is 8. The van der Waals surface area contributed by atoms with Crippen LogP contribution in [0.1, 0.15) is 55.2 Å². The normalized spacial score (nSPS) is 29.4. The molecule has 5 rings (SSSR count). The maximum absolute atomic E-state index is 12.7. The molecule has 3 aliphatic carbocycles. The van der Waals surface area contributed by atoms with Gasteiger partial charge in [-0.1, -0.05) is 24.6 Å². The fourth-order valence-corrected chi connectivity index (χ4v) is 7.39. The van der Waals surface area contributed by atoms with E-state index < -0.39 is 10.2 Å². The van der Waals surface area contributed by atoms with Crippen molar-refractivity contribution in [2.45, 2.75) is 69.9 Å². The number of fused-ring (bicyclic) bond motifs is 3. The van der Waals surface area contributed by atoms with Crippen LogP contribution < -0.4 is 9.44 Å². The van der Waals surface area contributed by atoms with Crippen molar-refractivity contribution in [3.63, 3.8) is 0 Å². The lowest BCUT2D eigenvalue weighted by Gasteiger charge is -2.29. The van der Waals surface area contributed by atoms with Crippen molar-refractivity contribution in [2.24, 2.45) is 11.8 Å². The first-order valence-electron chi connectivity index (χ1n) is 12.3. The molecule has 0 radical (unpaired) electrons. The Morgan fingerprint density at radius 1 is 0.968 bits per heavy atom. The zero-order valence-electron chi connectivity index (χ0n) is 18.5. The van der Waals surface area contributed by atoms with E-state index in [2.05, 4.69) is 32.5 Å². The Labute approximate surface area is 187 Å². The van der Waals surface area contributed by atoms with Gasteiger partial charge in [0, 0.05) is 25.2 Å². The van der Waals surface area contributed by atoms with Crippen LogP contribution in [0, 0.1) is 11.8 Å². The molecule has 1 aromatic rings.